The predicted molar refractivity (Wildman–Crippen MR) is 115 cm³/mol. The van der Waals surface area contributed by atoms with Gasteiger partial charge in [0.05, 0.1) is 5.56 Å². The number of aromatic carboxylic acids is 1. The Morgan fingerprint density at radius 1 is 0.963 bits per heavy atom. The summed E-state index contributed by atoms with van der Waals surface area (Å²) in [4.78, 5) is 22.1. The van der Waals surface area contributed by atoms with Crippen LogP contribution in [0.1, 0.15) is 44.7 Å². The van der Waals surface area contributed by atoms with Crippen molar-refractivity contribution >= 4 is 57.1 Å². The molecule has 1 amide bonds. The van der Waals surface area contributed by atoms with Gasteiger partial charge in [0.2, 0.25) is 0 Å². The standard InChI is InChI=1S/C11H11FINO.C8H6FIO2/c1-6-9(12)4-7(5-10(6)13)11(15)14-8-2-3-8;1-4-6(9)2-5(8(11)12)3-7(4)10/h4-5,8H,2-3H2,1H3,(H,14,15);2-3H,1H3,(H,11,12). The largest absolute Gasteiger partial charge is 0.478 e. The zero-order valence-corrected chi connectivity index (χ0v) is 18.9. The number of hydrogen-bond donors (Lipinski definition) is 2. The summed E-state index contributed by atoms with van der Waals surface area (Å²) in [5, 5.41) is 11.4. The number of rotatable bonds is 3. The number of amides is 1. The third-order valence-electron chi connectivity index (χ3n) is 3.98. The highest BCUT2D eigenvalue weighted by Crippen LogP contribution is 2.21. The molecule has 0 bridgehead atoms. The van der Waals surface area contributed by atoms with Crippen molar-refractivity contribution in [1.29, 1.82) is 0 Å². The number of carbonyl (C=O) groups excluding carboxylic acids is 1. The zero-order chi connectivity index (χ0) is 20.3. The molecule has 2 aromatic rings. The number of carboxylic acids is 1. The lowest BCUT2D eigenvalue weighted by atomic mass is 10.1. The van der Waals surface area contributed by atoms with Gasteiger partial charge in [-0.25, -0.2) is 13.6 Å². The van der Waals surface area contributed by atoms with Gasteiger partial charge in [-0.3, -0.25) is 4.79 Å². The highest BCUT2D eigenvalue weighted by atomic mass is 127. The van der Waals surface area contributed by atoms with E-state index >= 15 is 0 Å². The molecule has 0 radical (unpaired) electrons. The van der Waals surface area contributed by atoms with Gasteiger partial charge in [-0.1, -0.05) is 0 Å². The molecule has 1 fully saturated rings. The van der Waals surface area contributed by atoms with E-state index in [4.69, 9.17) is 5.11 Å². The Balaban J connectivity index is 0.000000199. The number of halogens is 4. The minimum Gasteiger partial charge on any atom is -0.478 e. The van der Waals surface area contributed by atoms with Crippen LogP contribution in [0.2, 0.25) is 0 Å². The maximum atomic E-state index is 13.4. The van der Waals surface area contributed by atoms with Gasteiger partial charge >= 0.3 is 5.97 Å². The van der Waals surface area contributed by atoms with Crippen molar-refractivity contribution in [3.63, 3.8) is 0 Å². The first-order chi connectivity index (χ1) is 12.6. The van der Waals surface area contributed by atoms with Crippen molar-refractivity contribution in [2.75, 3.05) is 0 Å². The average Bonchev–Trinajstić information content (AvgIpc) is 3.41. The van der Waals surface area contributed by atoms with Gasteiger partial charge < -0.3 is 10.4 Å². The van der Waals surface area contributed by atoms with E-state index in [0.717, 1.165) is 22.5 Å². The van der Waals surface area contributed by atoms with Crippen molar-refractivity contribution in [1.82, 2.24) is 5.32 Å². The molecule has 0 spiro atoms. The van der Waals surface area contributed by atoms with Gasteiger partial charge in [-0.15, -0.1) is 0 Å². The molecule has 0 unspecified atom stereocenters. The van der Waals surface area contributed by atoms with Crippen LogP contribution < -0.4 is 5.32 Å². The second-order valence-electron chi connectivity index (χ2n) is 6.18. The average molecular weight is 599 g/mol. The third-order valence-corrected chi connectivity index (χ3v) is 6.22. The summed E-state index contributed by atoms with van der Waals surface area (Å²) in [7, 11) is 0. The molecule has 4 nitrogen and oxygen atoms in total. The molecule has 8 heteroatoms. The van der Waals surface area contributed by atoms with Crippen molar-refractivity contribution in [3.8, 4) is 0 Å². The first kappa shape index (κ1) is 22.0. The van der Waals surface area contributed by atoms with Crippen LogP contribution >= 0.6 is 45.2 Å². The number of carboxylic acid groups (broad SMARTS) is 1. The lowest BCUT2D eigenvalue weighted by molar-refractivity contribution is 0.0696. The molecular formula is C19H17F2I2NO3. The van der Waals surface area contributed by atoms with E-state index in [2.05, 4.69) is 5.32 Å². The summed E-state index contributed by atoms with van der Waals surface area (Å²) in [6.07, 6.45) is 2.08. The first-order valence-corrected chi connectivity index (χ1v) is 10.2. The summed E-state index contributed by atoms with van der Waals surface area (Å²) in [5.41, 5.74) is 1.48. The Morgan fingerprint density at radius 2 is 1.41 bits per heavy atom. The predicted octanol–water partition coefficient (Wildman–Crippen LogP) is 5.07. The normalized spacial score (nSPS) is 12.8. The summed E-state index contributed by atoms with van der Waals surface area (Å²) >= 11 is 3.94. The number of benzene rings is 2. The van der Waals surface area contributed by atoms with Gasteiger partial charge in [0.25, 0.3) is 5.91 Å². The number of carbonyl (C=O) groups is 2. The van der Waals surface area contributed by atoms with Crippen LogP contribution in [0.25, 0.3) is 0 Å². The Kier molecular flexibility index (Phi) is 7.55. The molecule has 1 aliphatic rings. The fourth-order valence-corrected chi connectivity index (χ4v) is 3.23. The Hall–Kier alpha value is -1.30. The summed E-state index contributed by atoms with van der Waals surface area (Å²) in [5.74, 6) is -2.07. The van der Waals surface area contributed by atoms with Gasteiger partial charge in [0, 0.05) is 18.7 Å². The van der Waals surface area contributed by atoms with Crippen molar-refractivity contribution in [3.05, 3.63) is 65.3 Å². The van der Waals surface area contributed by atoms with E-state index in [0.29, 0.717) is 26.3 Å². The van der Waals surface area contributed by atoms with Gasteiger partial charge in [0.1, 0.15) is 11.6 Å². The molecule has 0 aromatic heterocycles. The third kappa shape index (κ3) is 6.09. The second-order valence-corrected chi connectivity index (χ2v) is 8.51. The number of nitrogens with one attached hydrogen (secondary N) is 1. The Bertz CT molecular complexity index is 853. The van der Waals surface area contributed by atoms with Crippen LogP contribution in [-0.4, -0.2) is 23.0 Å². The number of hydrogen-bond acceptors (Lipinski definition) is 2. The topological polar surface area (TPSA) is 66.4 Å². The maximum absolute atomic E-state index is 13.4. The van der Waals surface area contributed by atoms with E-state index in [1.165, 1.54) is 12.1 Å². The molecule has 2 aromatic carbocycles. The monoisotopic (exact) mass is 599 g/mol. The van der Waals surface area contributed by atoms with Crippen LogP contribution in [0.5, 0.6) is 0 Å². The van der Waals surface area contributed by atoms with Crippen LogP contribution in [0.3, 0.4) is 0 Å². The minimum atomic E-state index is -1.10. The quantitative estimate of drug-likeness (QED) is 0.485. The van der Waals surface area contributed by atoms with Crippen molar-refractivity contribution < 1.29 is 23.5 Å². The molecule has 0 heterocycles. The summed E-state index contributed by atoms with van der Waals surface area (Å²) in [6.45, 7) is 3.32. The smallest absolute Gasteiger partial charge is 0.335 e. The van der Waals surface area contributed by atoms with E-state index in [1.807, 2.05) is 45.2 Å². The lowest BCUT2D eigenvalue weighted by Gasteiger charge is -2.06. The zero-order valence-electron chi connectivity index (χ0n) is 14.6. The molecular weight excluding hydrogens is 582 g/mol. The Morgan fingerprint density at radius 3 is 1.81 bits per heavy atom. The molecule has 0 atom stereocenters. The maximum Gasteiger partial charge on any atom is 0.335 e. The summed E-state index contributed by atoms with van der Waals surface area (Å²) in [6, 6.07) is 5.80. The fourth-order valence-electron chi connectivity index (χ4n) is 2.04. The van der Waals surface area contributed by atoms with E-state index < -0.39 is 11.8 Å². The molecule has 1 aliphatic carbocycles. The summed E-state index contributed by atoms with van der Waals surface area (Å²) < 4.78 is 27.7. The van der Waals surface area contributed by atoms with Crippen molar-refractivity contribution in [2.24, 2.45) is 0 Å². The van der Waals surface area contributed by atoms with Crippen LogP contribution in [0.4, 0.5) is 8.78 Å². The molecule has 144 valence electrons. The lowest BCUT2D eigenvalue weighted by Crippen LogP contribution is -2.25. The molecule has 27 heavy (non-hydrogen) atoms. The van der Waals surface area contributed by atoms with Gasteiger partial charge in [-0.2, -0.15) is 0 Å². The van der Waals surface area contributed by atoms with Crippen LogP contribution in [0, 0.1) is 32.6 Å². The minimum absolute atomic E-state index is 0.0116. The molecule has 0 aliphatic heterocycles. The van der Waals surface area contributed by atoms with Gasteiger partial charge in [-0.05, 0) is 107 Å². The van der Waals surface area contributed by atoms with E-state index in [1.54, 1.807) is 19.9 Å². The second kappa shape index (κ2) is 9.26. The Labute approximate surface area is 183 Å². The van der Waals surface area contributed by atoms with Crippen LogP contribution in [-0.2, 0) is 0 Å². The molecule has 3 rings (SSSR count). The fraction of sp³-hybridized carbons (Fsp3) is 0.263. The van der Waals surface area contributed by atoms with E-state index in [-0.39, 0.29) is 17.3 Å². The SMILES string of the molecule is Cc1c(F)cc(C(=O)NC2CC2)cc1I.Cc1c(F)cc(C(=O)O)cc1I. The van der Waals surface area contributed by atoms with E-state index in [9.17, 15) is 18.4 Å². The van der Waals surface area contributed by atoms with Crippen LogP contribution in [0.15, 0.2) is 24.3 Å². The highest BCUT2D eigenvalue weighted by molar-refractivity contribution is 14.1. The molecule has 0 saturated heterocycles. The molecule has 1 saturated carbocycles. The molecule has 2 N–H and O–H groups in total. The highest BCUT2D eigenvalue weighted by Gasteiger charge is 2.24. The first-order valence-electron chi connectivity index (χ1n) is 8.05. The van der Waals surface area contributed by atoms with Crippen molar-refractivity contribution in [2.45, 2.75) is 32.7 Å². The van der Waals surface area contributed by atoms with Gasteiger partial charge in [0.15, 0.2) is 0 Å².